The highest BCUT2D eigenvalue weighted by molar-refractivity contribution is 5.21. The third-order valence-electron chi connectivity index (χ3n) is 3.23. The van der Waals surface area contributed by atoms with Crippen molar-refractivity contribution in [3.63, 3.8) is 0 Å². The lowest BCUT2D eigenvalue weighted by Crippen LogP contribution is -2.24. The second-order valence-electron chi connectivity index (χ2n) is 4.08. The van der Waals surface area contributed by atoms with Crippen molar-refractivity contribution < 1.29 is 4.74 Å². The molecule has 1 nitrogen and oxygen atoms in total. The largest absolute Gasteiger partial charge is 0.381 e. The van der Waals surface area contributed by atoms with Crippen LogP contribution >= 0.6 is 0 Å². The molecule has 1 aliphatic carbocycles. The Morgan fingerprint density at radius 3 is 2.50 bits per heavy atom. The number of hydrogen-bond donors (Lipinski definition) is 0. The summed E-state index contributed by atoms with van der Waals surface area (Å²) in [7, 11) is 1.84. The van der Waals surface area contributed by atoms with Crippen LogP contribution in [0.2, 0.25) is 0 Å². The van der Waals surface area contributed by atoms with Gasteiger partial charge in [0.2, 0.25) is 0 Å². The molecule has 1 heteroatoms. The van der Waals surface area contributed by atoms with E-state index in [4.69, 9.17) is 4.74 Å². The minimum absolute atomic E-state index is 0.436. The predicted molar refractivity (Wildman–Crippen MR) is 58.4 cm³/mol. The van der Waals surface area contributed by atoms with Crippen LogP contribution in [0.1, 0.15) is 37.2 Å². The second-order valence-corrected chi connectivity index (χ2v) is 4.08. The number of hydrogen-bond acceptors (Lipinski definition) is 1. The molecule has 2 atom stereocenters. The predicted octanol–water partition coefficient (Wildman–Crippen LogP) is 3.36. The molecule has 1 aromatic rings. The number of benzene rings is 1. The van der Waals surface area contributed by atoms with Crippen LogP contribution < -0.4 is 0 Å². The van der Waals surface area contributed by atoms with Crippen LogP contribution in [0.4, 0.5) is 0 Å². The molecular weight excluding hydrogens is 172 g/mol. The number of ether oxygens (including phenoxy) is 1. The summed E-state index contributed by atoms with van der Waals surface area (Å²) in [5.41, 5.74) is 1.44. The maximum absolute atomic E-state index is 5.56. The quantitative estimate of drug-likeness (QED) is 0.695. The van der Waals surface area contributed by atoms with E-state index in [1.54, 1.807) is 0 Å². The van der Waals surface area contributed by atoms with Gasteiger partial charge in [-0.25, -0.2) is 0 Å². The van der Waals surface area contributed by atoms with Gasteiger partial charge < -0.3 is 4.74 Å². The molecular formula is C13H18O. The third-order valence-corrected chi connectivity index (χ3v) is 3.23. The molecule has 0 N–H and O–H groups in total. The molecule has 1 fully saturated rings. The molecule has 1 aromatic carbocycles. The van der Waals surface area contributed by atoms with Crippen LogP contribution in [-0.4, -0.2) is 13.2 Å². The standard InChI is InChI=1S/C13H18O/c1-14-13-10-6-5-9-12(13)11-7-3-2-4-8-11/h2-4,7-8,12-13H,5-6,9-10H2,1H3. The normalized spacial score (nSPS) is 27.5. The lowest BCUT2D eigenvalue weighted by molar-refractivity contribution is 0.0523. The molecule has 76 valence electrons. The Hall–Kier alpha value is -0.820. The first-order valence-corrected chi connectivity index (χ1v) is 5.49. The Labute approximate surface area is 86.1 Å². The van der Waals surface area contributed by atoms with Gasteiger partial charge in [-0.1, -0.05) is 43.2 Å². The summed E-state index contributed by atoms with van der Waals surface area (Å²) in [4.78, 5) is 0. The van der Waals surface area contributed by atoms with Gasteiger partial charge in [-0.2, -0.15) is 0 Å². The van der Waals surface area contributed by atoms with Crippen LogP contribution in [-0.2, 0) is 4.74 Å². The van der Waals surface area contributed by atoms with Crippen LogP contribution in [0.25, 0.3) is 0 Å². The average Bonchev–Trinajstić information content (AvgIpc) is 2.30. The van der Waals surface area contributed by atoms with Crippen LogP contribution in [0.3, 0.4) is 0 Å². The highest BCUT2D eigenvalue weighted by Crippen LogP contribution is 2.34. The molecule has 0 amide bonds. The van der Waals surface area contributed by atoms with Crippen molar-refractivity contribution >= 4 is 0 Å². The Bertz CT molecular complexity index is 268. The number of methoxy groups -OCH3 is 1. The van der Waals surface area contributed by atoms with Crippen molar-refractivity contribution in [1.29, 1.82) is 0 Å². The Morgan fingerprint density at radius 1 is 1.07 bits per heavy atom. The molecule has 1 aliphatic rings. The monoisotopic (exact) mass is 190 g/mol. The van der Waals surface area contributed by atoms with Crippen molar-refractivity contribution in [2.75, 3.05) is 7.11 Å². The van der Waals surface area contributed by atoms with Gasteiger partial charge in [0.25, 0.3) is 0 Å². The van der Waals surface area contributed by atoms with Crippen LogP contribution in [0.15, 0.2) is 30.3 Å². The first-order valence-electron chi connectivity index (χ1n) is 5.49. The Kier molecular flexibility index (Phi) is 3.20. The van der Waals surface area contributed by atoms with Crippen molar-refractivity contribution in [1.82, 2.24) is 0 Å². The summed E-state index contributed by atoms with van der Waals surface area (Å²) in [6, 6.07) is 10.8. The van der Waals surface area contributed by atoms with E-state index in [0.717, 1.165) is 0 Å². The first-order chi connectivity index (χ1) is 6.92. The number of rotatable bonds is 2. The molecule has 2 rings (SSSR count). The van der Waals surface area contributed by atoms with Gasteiger partial charge >= 0.3 is 0 Å². The fourth-order valence-electron chi connectivity index (χ4n) is 2.46. The molecule has 0 heterocycles. The van der Waals surface area contributed by atoms with Crippen molar-refractivity contribution in [3.8, 4) is 0 Å². The van der Waals surface area contributed by atoms with Crippen LogP contribution in [0, 0.1) is 0 Å². The van der Waals surface area contributed by atoms with Gasteiger partial charge in [0, 0.05) is 13.0 Å². The topological polar surface area (TPSA) is 9.23 Å². The van der Waals surface area contributed by atoms with E-state index in [9.17, 15) is 0 Å². The van der Waals surface area contributed by atoms with E-state index < -0.39 is 0 Å². The third kappa shape index (κ3) is 1.98. The van der Waals surface area contributed by atoms with E-state index in [2.05, 4.69) is 30.3 Å². The van der Waals surface area contributed by atoms with E-state index in [1.807, 2.05) is 7.11 Å². The Morgan fingerprint density at radius 2 is 1.79 bits per heavy atom. The molecule has 0 bridgehead atoms. The molecule has 0 saturated heterocycles. The Balaban J connectivity index is 2.15. The molecule has 1 saturated carbocycles. The molecule has 0 aliphatic heterocycles. The lowest BCUT2D eigenvalue weighted by atomic mass is 9.82. The molecule has 0 spiro atoms. The molecule has 14 heavy (non-hydrogen) atoms. The van der Waals surface area contributed by atoms with Crippen LogP contribution in [0.5, 0.6) is 0 Å². The average molecular weight is 190 g/mol. The highest BCUT2D eigenvalue weighted by Gasteiger charge is 2.25. The zero-order valence-corrected chi connectivity index (χ0v) is 8.78. The van der Waals surface area contributed by atoms with Crippen molar-refractivity contribution in [2.45, 2.75) is 37.7 Å². The molecule has 0 radical (unpaired) electrons. The van der Waals surface area contributed by atoms with Gasteiger partial charge in [-0.05, 0) is 18.4 Å². The summed E-state index contributed by atoms with van der Waals surface area (Å²) in [5.74, 6) is 0.620. The summed E-state index contributed by atoms with van der Waals surface area (Å²) < 4.78 is 5.56. The summed E-state index contributed by atoms with van der Waals surface area (Å²) in [6.45, 7) is 0. The minimum Gasteiger partial charge on any atom is -0.381 e. The summed E-state index contributed by atoms with van der Waals surface area (Å²) >= 11 is 0. The smallest absolute Gasteiger partial charge is 0.0639 e. The molecule has 0 aromatic heterocycles. The van der Waals surface area contributed by atoms with Gasteiger partial charge in [0.1, 0.15) is 0 Å². The van der Waals surface area contributed by atoms with E-state index in [1.165, 1.54) is 31.2 Å². The van der Waals surface area contributed by atoms with E-state index in [-0.39, 0.29) is 0 Å². The highest BCUT2D eigenvalue weighted by atomic mass is 16.5. The zero-order chi connectivity index (χ0) is 9.80. The van der Waals surface area contributed by atoms with E-state index in [0.29, 0.717) is 12.0 Å². The minimum atomic E-state index is 0.436. The van der Waals surface area contributed by atoms with Crippen molar-refractivity contribution in [3.05, 3.63) is 35.9 Å². The lowest BCUT2D eigenvalue weighted by Gasteiger charge is -2.30. The van der Waals surface area contributed by atoms with Gasteiger partial charge in [-0.15, -0.1) is 0 Å². The van der Waals surface area contributed by atoms with Crippen molar-refractivity contribution in [2.24, 2.45) is 0 Å². The van der Waals surface area contributed by atoms with Gasteiger partial charge in [0.05, 0.1) is 6.10 Å². The zero-order valence-electron chi connectivity index (χ0n) is 8.78. The summed E-state index contributed by atoms with van der Waals surface area (Å²) in [5, 5.41) is 0. The van der Waals surface area contributed by atoms with E-state index >= 15 is 0 Å². The maximum Gasteiger partial charge on any atom is 0.0639 e. The maximum atomic E-state index is 5.56. The molecule has 2 unspecified atom stereocenters. The fourth-order valence-corrected chi connectivity index (χ4v) is 2.46. The SMILES string of the molecule is COC1CCCCC1c1ccccc1. The first kappa shape index (κ1) is 9.72. The summed E-state index contributed by atoms with van der Waals surface area (Å²) in [6.07, 6.45) is 5.60. The van der Waals surface area contributed by atoms with Gasteiger partial charge in [0.15, 0.2) is 0 Å². The second kappa shape index (κ2) is 4.61. The fraction of sp³-hybridized carbons (Fsp3) is 0.538. The van der Waals surface area contributed by atoms with Gasteiger partial charge in [-0.3, -0.25) is 0 Å².